The van der Waals surface area contributed by atoms with E-state index in [9.17, 15) is 9.18 Å². The summed E-state index contributed by atoms with van der Waals surface area (Å²) >= 11 is 0.877. The third-order valence-electron chi connectivity index (χ3n) is 5.18. The quantitative estimate of drug-likeness (QED) is 0.278. The molecule has 0 amide bonds. The molecule has 4 nitrogen and oxygen atoms in total. The van der Waals surface area contributed by atoms with Crippen LogP contribution < -0.4 is 9.47 Å². The number of benzene rings is 3. The van der Waals surface area contributed by atoms with Gasteiger partial charge < -0.3 is 14.6 Å². The van der Waals surface area contributed by atoms with E-state index in [1.54, 1.807) is 42.5 Å². The van der Waals surface area contributed by atoms with Gasteiger partial charge in [-0.05, 0) is 72.7 Å². The summed E-state index contributed by atoms with van der Waals surface area (Å²) in [5.41, 5.74) is 0.425. The van der Waals surface area contributed by atoms with Crippen molar-refractivity contribution in [1.82, 2.24) is 0 Å². The van der Waals surface area contributed by atoms with E-state index in [1.165, 1.54) is 20.1 Å². The molecular weight excluding hydrogens is 465 g/mol. The number of fused-ring (bicyclic) bond motifs is 1. The van der Waals surface area contributed by atoms with Gasteiger partial charge in [0.15, 0.2) is 5.75 Å². The van der Waals surface area contributed by atoms with Crippen LogP contribution in [0.2, 0.25) is 0 Å². The molecule has 0 unspecified atom stereocenters. The molecule has 4 aromatic rings. The minimum absolute atomic E-state index is 0.00907. The van der Waals surface area contributed by atoms with E-state index in [0.29, 0.717) is 27.1 Å². The van der Waals surface area contributed by atoms with Crippen LogP contribution >= 0.6 is 11.3 Å². The second-order valence-electron chi connectivity index (χ2n) is 7.50. The normalized spacial score (nSPS) is 11.8. The number of aliphatic carboxylic acids is 1. The Morgan fingerprint density at radius 2 is 1.74 bits per heavy atom. The van der Waals surface area contributed by atoms with E-state index < -0.39 is 17.7 Å². The number of carboxylic acid groups (broad SMARTS) is 1. The molecule has 0 bridgehead atoms. The third-order valence-corrected chi connectivity index (χ3v) is 6.39. The Bertz CT molecular complexity index is 1390. The second kappa shape index (κ2) is 9.23. The zero-order valence-corrected chi connectivity index (χ0v) is 19.0. The highest BCUT2D eigenvalue weighted by Gasteiger charge is 2.41. The Hall–Kier alpha value is -3.78. The molecule has 3 aromatic carbocycles. The summed E-state index contributed by atoms with van der Waals surface area (Å²) in [5.74, 6) is -4.31. The summed E-state index contributed by atoms with van der Waals surface area (Å²) in [6, 6.07) is 14.5. The maximum absolute atomic E-state index is 15.8. The Kier molecular flexibility index (Phi) is 6.34. The summed E-state index contributed by atoms with van der Waals surface area (Å²) < 4.78 is 56.9. The van der Waals surface area contributed by atoms with Gasteiger partial charge in [0.2, 0.25) is 0 Å². The van der Waals surface area contributed by atoms with E-state index in [0.717, 1.165) is 35.6 Å². The molecule has 34 heavy (non-hydrogen) atoms. The Morgan fingerprint density at radius 3 is 2.38 bits per heavy atom. The van der Waals surface area contributed by atoms with Crippen molar-refractivity contribution in [1.29, 1.82) is 0 Å². The highest BCUT2D eigenvalue weighted by atomic mass is 32.1. The minimum atomic E-state index is -3.45. The maximum atomic E-state index is 15.8. The third kappa shape index (κ3) is 4.63. The molecule has 0 spiro atoms. The second-order valence-corrected chi connectivity index (χ2v) is 8.55. The van der Waals surface area contributed by atoms with Gasteiger partial charge in [0.1, 0.15) is 22.2 Å². The highest BCUT2D eigenvalue weighted by Crippen LogP contribution is 2.51. The van der Waals surface area contributed by atoms with Crippen LogP contribution in [0, 0.1) is 12.7 Å². The first kappa shape index (κ1) is 23.4. The van der Waals surface area contributed by atoms with Crippen LogP contribution in [-0.4, -0.2) is 18.2 Å². The van der Waals surface area contributed by atoms with Crippen molar-refractivity contribution in [3.05, 3.63) is 94.1 Å². The van der Waals surface area contributed by atoms with Crippen LogP contribution in [0.4, 0.5) is 13.2 Å². The number of carboxylic acids is 1. The van der Waals surface area contributed by atoms with Crippen molar-refractivity contribution >= 4 is 33.5 Å². The molecule has 0 aliphatic heterocycles. The molecule has 1 aromatic heterocycles. The summed E-state index contributed by atoms with van der Waals surface area (Å²) in [6.45, 7) is 1.44. The summed E-state index contributed by atoms with van der Waals surface area (Å²) in [4.78, 5) is 10.4. The fraction of sp³-hybridized carbons (Fsp3) is 0.115. The Morgan fingerprint density at radius 1 is 1.03 bits per heavy atom. The molecule has 4 rings (SSSR count). The van der Waals surface area contributed by atoms with Crippen LogP contribution in [0.1, 0.15) is 21.6 Å². The van der Waals surface area contributed by atoms with E-state index in [-0.39, 0.29) is 21.8 Å². The van der Waals surface area contributed by atoms with E-state index in [4.69, 9.17) is 14.6 Å². The van der Waals surface area contributed by atoms with Gasteiger partial charge in [0, 0.05) is 21.7 Å². The first-order valence-corrected chi connectivity index (χ1v) is 10.9. The van der Waals surface area contributed by atoms with E-state index in [1.807, 2.05) is 0 Å². The summed E-state index contributed by atoms with van der Waals surface area (Å²) in [6.07, 6.45) is 2.41. The van der Waals surface area contributed by atoms with Crippen molar-refractivity contribution < 1.29 is 32.5 Å². The minimum Gasteiger partial charge on any atom is -0.497 e. The molecule has 0 atom stereocenters. The zero-order chi connectivity index (χ0) is 24.5. The van der Waals surface area contributed by atoms with Crippen LogP contribution in [0.25, 0.3) is 16.2 Å². The Labute approximate surface area is 197 Å². The number of alkyl halides is 2. The average molecular weight is 484 g/mol. The van der Waals surface area contributed by atoms with Crippen molar-refractivity contribution in [3.8, 4) is 17.2 Å². The highest BCUT2D eigenvalue weighted by molar-refractivity contribution is 7.19. The van der Waals surface area contributed by atoms with Gasteiger partial charge >= 0.3 is 11.9 Å². The molecule has 0 fully saturated rings. The van der Waals surface area contributed by atoms with Gasteiger partial charge in [-0.25, -0.2) is 9.18 Å². The number of hydrogen-bond acceptors (Lipinski definition) is 4. The number of hydrogen-bond donors (Lipinski definition) is 1. The van der Waals surface area contributed by atoms with Gasteiger partial charge in [-0.1, -0.05) is 12.1 Å². The summed E-state index contributed by atoms with van der Waals surface area (Å²) in [5, 5.41) is 9.24. The lowest BCUT2D eigenvalue weighted by molar-refractivity contribution is -0.131. The molecule has 0 radical (unpaired) electrons. The number of thiophene rings is 1. The lowest BCUT2D eigenvalue weighted by atomic mass is 10.0. The number of ether oxygens (including phenoxy) is 2. The first-order valence-electron chi connectivity index (χ1n) is 10.1. The lowest BCUT2D eigenvalue weighted by Crippen LogP contribution is -2.16. The lowest BCUT2D eigenvalue weighted by Gasteiger charge is -2.19. The average Bonchev–Trinajstić information content (AvgIpc) is 3.16. The smallest absolute Gasteiger partial charge is 0.328 e. The van der Waals surface area contributed by atoms with Crippen molar-refractivity contribution in [2.24, 2.45) is 0 Å². The fourth-order valence-corrected chi connectivity index (χ4v) is 4.67. The zero-order valence-electron chi connectivity index (χ0n) is 18.1. The fourth-order valence-electron chi connectivity index (χ4n) is 3.52. The topological polar surface area (TPSA) is 55.8 Å². The molecule has 0 saturated heterocycles. The SMILES string of the molecule is COc1ccc2c(Oc3ccc(/C=C/C(=O)O)cc3)c(C(F)(F)c3ccc(F)cc3C)sc2c1. The largest absolute Gasteiger partial charge is 0.497 e. The molecule has 0 aliphatic carbocycles. The van der Waals surface area contributed by atoms with Crippen molar-refractivity contribution in [2.45, 2.75) is 12.8 Å². The molecule has 0 aliphatic rings. The number of halogens is 3. The predicted octanol–water partition coefficient (Wildman–Crippen LogP) is 7.39. The van der Waals surface area contributed by atoms with Crippen LogP contribution in [0.15, 0.2) is 66.7 Å². The van der Waals surface area contributed by atoms with Gasteiger partial charge in [-0.3, -0.25) is 0 Å². The maximum Gasteiger partial charge on any atom is 0.328 e. The van der Waals surface area contributed by atoms with Gasteiger partial charge in [-0.15, -0.1) is 11.3 Å². The number of aryl methyl sites for hydroxylation is 1. The van der Waals surface area contributed by atoms with Crippen LogP contribution in [0.3, 0.4) is 0 Å². The standard InChI is InChI=1S/C26H19F3O4S/c1-15-13-17(27)6-11-21(15)26(28,29)25-24(20-10-9-19(32-2)14-22(20)34-25)33-18-7-3-16(4-8-18)5-12-23(30)31/h3-14H,1-2H3,(H,30,31)/b12-5+. The van der Waals surface area contributed by atoms with Crippen molar-refractivity contribution in [3.63, 3.8) is 0 Å². The molecule has 8 heteroatoms. The molecular formula is C26H19F3O4S. The molecule has 0 saturated carbocycles. The van der Waals surface area contributed by atoms with Gasteiger partial charge in [-0.2, -0.15) is 8.78 Å². The van der Waals surface area contributed by atoms with Gasteiger partial charge in [0.05, 0.1) is 7.11 Å². The predicted molar refractivity (Wildman–Crippen MR) is 126 cm³/mol. The Balaban J connectivity index is 1.82. The first-order chi connectivity index (χ1) is 16.2. The van der Waals surface area contributed by atoms with E-state index >= 15 is 8.78 Å². The van der Waals surface area contributed by atoms with Crippen LogP contribution in [0.5, 0.6) is 17.2 Å². The van der Waals surface area contributed by atoms with Crippen molar-refractivity contribution in [2.75, 3.05) is 7.11 Å². The van der Waals surface area contributed by atoms with E-state index in [2.05, 4.69) is 0 Å². The molecule has 1 heterocycles. The number of methoxy groups -OCH3 is 1. The van der Waals surface area contributed by atoms with Crippen LogP contribution in [-0.2, 0) is 10.7 Å². The molecule has 1 N–H and O–H groups in total. The van der Waals surface area contributed by atoms with Gasteiger partial charge in [0.25, 0.3) is 0 Å². The summed E-state index contributed by atoms with van der Waals surface area (Å²) in [7, 11) is 1.49. The number of rotatable bonds is 7. The monoisotopic (exact) mass is 484 g/mol. The molecule has 174 valence electrons. The number of carbonyl (C=O) groups is 1.